The van der Waals surface area contributed by atoms with E-state index in [-0.39, 0.29) is 0 Å². The van der Waals surface area contributed by atoms with Gasteiger partial charge in [0.05, 0.1) is 11.4 Å². The molecule has 0 radical (unpaired) electrons. The average Bonchev–Trinajstić information content (AvgIpc) is 2.64. The second kappa shape index (κ2) is 4.80. The molecule has 0 amide bonds. The molecule has 0 atom stereocenters. The van der Waals surface area contributed by atoms with E-state index in [1.165, 1.54) is 0 Å². The fourth-order valence-electron chi connectivity index (χ4n) is 1.82. The summed E-state index contributed by atoms with van der Waals surface area (Å²) >= 11 is 6.15. The second-order valence-electron chi connectivity index (χ2n) is 3.99. The summed E-state index contributed by atoms with van der Waals surface area (Å²) in [6.45, 7) is 6.90. The summed E-state index contributed by atoms with van der Waals surface area (Å²) in [5, 5.41) is 4.03. The molecule has 17 heavy (non-hydrogen) atoms. The second-order valence-corrected chi connectivity index (χ2v) is 4.40. The average molecular weight is 250 g/mol. The van der Waals surface area contributed by atoms with Crippen molar-refractivity contribution >= 4 is 17.5 Å². The first-order valence-electron chi connectivity index (χ1n) is 5.68. The predicted octanol–water partition coefficient (Wildman–Crippen LogP) is 3.57. The van der Waals surface area contributed by atoms with E-state index in [1.54, 1.807) is 0 Å². The van der Waals surface area contributed by atoms with Gasteiger partial charge in [-0.3, -0.25) is 4.57 Å². The summed E-state index contributed by atoms with van der Waals surface area (Å²) in [6.07, 6.45) is 2.01. The largest absolute Gasteiger partial charge is 0.356 e. The van der Waals surface area contributed by atoms with Crippen LogP contribution in [0.1, 0.15) is 18.2 Å². The van der Waals surface area contributed by atoms with Crippen LogP contribution < -0.4 is 5.32 Å². The Balaban J connectivity index is 2.55. The topological polar surface area (TPSA) is 29.9 Å². The lowest BCUT2D eigenvalue weighted by Crippen LogP contribution is -2.06. The number of aromatic nitrogens is 2. The molecule has 0 unspecified atom stereocenters. The molecule has 1 aromatic carbocycles. The van der Waals surface area contributed by atoms with Crippen molar-refractivity contribution < 1.29 is 0 Å². The highest BCUT2D eigenvalue weighted by Crippen LogP contribution is 2.25. The number of imidazole rings is 1. The van der Waals surface area contributed by atoms with E-state index in [9.17, 15) is 0 Å². The third-order valence-corrected chi connectivity index (χ3v) is 3.07. The lowest BCUT2D eigenvalue weighted by molar-refractivity contribution is 1.01. The Morgan fingerprint density at radius 2 is 2.12 bits per heavy atom. The van der Waals surface area contributed by atoms with Crippen LogP contribution in [0.15, 0.2) is 24.4 Å². The van der Waals surface area contributed by atoms with Gasteiger partial charge < -0.3 is 5.32 Å². The van der Waals surface area contributed by atoms with Crippen LogP contribution in [0.3, 0.4) is 0 Å². The molecular formula is C13H16ClN3. The number of aryl methyl sites for hydroxylation is 1. The summed E-state index contributed by atoms with van der Waals surface area (Å²) in [5.74, 6) is 0.857. The third-order valence-electron chi connectivity index (χ3n) is 2.66. The van der Waals surface area contributed by atoms with Crippen molar-refractivity contribution in [3.05, 3.63) is 40.7 Å². The molecule has 4 heteroatoms. The van der Waals surface area contributed by atoms with E-state index in [2.05, 4.69) is 17.2 Å². The number of nitrogens with zero attached hydrogens (tertiary/aromatic N) is 2. The fourth-order valence-corrected chi connectivity index (χ4v) is 1.99. The van der Waals surface area contributed by atoms with Crippen LogP contribution in [-0.4, -0.2) is 16.1 Å². The highest BCUT2D eigenvalue weighted by Gasteiger charge is 2.10. The van der Waals surface area contributed by atoms with Crippen LogP contribution in [0.2, 0.25) is 5.02 Å². The van der Waals surface area contributed by atoms with E-state index >= 15 is 0 Å². The molecule has 1 N–H and O–H groups in total. The first-order chi connectivity index (χ1) is 8.13. The Kier molecular flexibility index (Phi) is 3.38. The van der Waals surface area contributed by atoms with Crippen LogP contribution in [0, 0.1) is 13.8 Å². The SMILES string of the molecule is CCNc1nc(C)cn1-c1cccc(Cl)c1C. The van der Waals surface area contributed by atoms with Crippen molar-refractivity contribution in [1.29, 1.82) is 0 Å². The van der Waals surface area contributed by atoms with Gasteiger partial charge in [-0.05, 0) is 38.5 Å². The molecule has 2 aromatic rings. The molecule has 3 nitrogen and oxygen atoms in total. The number of halogens is 1. The molecule has 0 spiro atoms. The molecule has 1 aromatic heterocycles. The van der Waals surface area contributed by atoms with Gasteiger partial charge in [-0.1, -0.05) is 17.7 Å². The van der Waals surface area contributed by atoms with Gasteiger partial charge in [-0.2, -0.15) is 0 Å². The number of benzene rings is 1. The van der Waals surface area contributed by atoms with Crippen molar-refractivity contribution in [3.8, 4) is 5.69 Å². The van der Waals surface area contributed by atoms with E-state index < -0.39 is 0 Å². The molecular weight excluding hydrogens is 234 g/mol. The molecule has 0 saturated heterocycles. The maximum atomic E-state index is 6.15. The Morgan fingerprint density at radius 1 is 1.35 bits per heavy atom. The number of hydrogen-bond acceptors (Lipinski definition) is 2. The molecule has 1 heterocycles. The van der Waals surface area contributed by atoms with Crippen molar-refractivity contribution in [2.45, 2.75) is 20.8 Å². The Morgan fingerprint density at radius 3 is 2.82 bits per heavy atom. The number of hydrogen-bond donors (Lipinski definition) is 1. The molecule has 0 bridgehead atoms. The van der Waals surface area contributed by atoms with Crippen LogP contribution in [0.25, 0.3) is 5.69 Å². The molecule has 90 valence electrons. The van der Waals surface area contributed by atoms with Gasteiger partial charge >= 0.3 is 0 Å². The van der Waals surface area contributed by atoms with Gasteiger partial charge in [-0.15, -0.1) is 0 Å². The number of nitrogens with one attached hydrogen (secondary N) is 1. The van der Waals surface area contributed by atoms with Crippen LogP contribution in [0.4, 0.5) is 5.95 Å². The van der Waals surface area contributed by atoms with Crippen LogP contribution >= 0.6 is 11.6 Å². The zero-order valence-corrected chi connectivity index (χ0v) is 11.0. The quantitative estimate of drug-likeness (QED) is 0.901. The molecule has 0 saturated carbocycles. The fraction of sp³-hybridized carbons (Fsp3) is 0.308. The zero-order chi connectivity index (χ0) is 12.4. The minimum Gasteiger partial charge on any atom is -0.356 e. The van der Waals surface area contributed by atoms with E-state index in [0.29, 0.717) is 0 Å². The van der Waals surface area contributed by atoms with Crippen molar-refractivity contribution in [2.24, 2.45) is 0 Å². The molecule has 2 rings (SSSR count). The highest BCUT2D eigenvalue weighted by molar-refractivity contribution is 6.31. The van der Waals surface area contributed by atoms with Crippen LogP contribution in [-0.2, 0) is 0 Å². The summed E-state index contributed by atoms with van der Waals surface area (Å²) in [4.78, 5) is 4.46. The highest BCUT2D eigenvalue weighted by atomic mass is 35.5. The van der Waals surface area contributed by atoms with Gasteiger partial charge in [0.15, 0.2) is 0 Å². The molecule has 0 aliphatic heterocycles. The first-order valence-corrected chi connectivity index (χ1v) is 6.06. The van der Waals surface area contributed by atoms with E-state index in [4.69, 9.17) is 11.6 Å². The maximum absolute atomic E-state index is 6.15. The normalized spacial score (nSPS) is 10.6. The summed E-state index contributed by atoms with van der Waals surface area (Å²) < 4.78 is 2.04. The summed E-state index contributed by atoms with van der Waals surface area (Å²) in [7, 11) is 0. The third kappa shape index (κ3) is 2.29. The minimum atomic E-state index is 0.774. The van der Waals surface area contributed by atoms with Crippen molar-refractivity contribution in [2.75, 3.05) is 11.9 Å². The monoisotopic (exact) mass is 249 g/mol. The number of anilines is 1. The maximum Gasteiger partial charge on any atom is 0.207 e. The minimum absolute atomic E-state index is 0.774. The van der Waals surface area contributed by atoms with Gasteiger partial charge in [0.1, 0.15) is 0 Å². The first kappa shape index (κ1) is 12.0. The predicted molar refractivity (Wildman–Crippen MR) is 72.2 cm³/mol. The zero-order valence-electron chi connectivity index (χ0n) is 10.3. The van der Waals surface area contributed by atoms with Crippen molar-refractivity contribution in [3.63, 3.8) is 0 Å². The standard InChI is InChI=1S/C13H16ClN3/c1-4-15-13-16-9(2)8-17(13)12-7-5-6-11(14)10(12)3/h5-8H,4H2,1-3H3,(H,15,16). The van der Waals surface area contributed by atoms with Crippen LogP contribution in [0.5, 0.6) is 0 Å². The Labute approximate surface area is 106 Å². The number of rotatable bonds is 3. The van der Waals surface area contributed by atoms with E-state index in [0.717, 1.165) is 34.5 Å². The lowest BCUT2D eigenvalue weighted by atomic mass is 10.2. The van der Waals surface area contributed by atoms with Gasteiger partial charge in [0, 0.05) is 17.8 Å². The van der Waals surface area contributed by atoms with E-state index in [1.807, 2.05) is 42.8 Å². The lowest BCUT2D eigenvalue weighted by Gasteiger charge is -2.11. The molecule has 0 fully saturated rings. The summed E-state index contributed by atoms with van der Waals surface area (Å²) in [6, 6.07) is 5.90. The van der Waals surface area contributed by atoms with Gasteiger partial charge in [0.25, 0.3) is 0 Å². The summed E-state index contributed by atoms with van der Waals surface area (Å²) in [5.41, 5.74) is 3.11. The van der Waals surface area contributed by atoms with Crippen molar-refractivity contribution in [1.82, 2.24) is 9.55 Å². The van der Waals surface area contributed by atoms with Gasteiger partial charge in [0.2, 0.25) is 5.95 Å². The Bertz CT molecular complexity index is 531. The smallest absolute Gasteiger partial charge is 0.207 e. The Hall–Kier alpha value is -1.48. The van der Waals surface area contributed by atoms with Gasteiger partial charge in [-0.25, -0.2) is 4.98 Å². The molecule has 0 aliphatic rings. The molecule has 0 aliphatic carbocycles.